The van der Waals surface area contributed by atoms with Crippen LogP contribution in [0.5, 0.6) is 0 Å². The average molecular weight is 1310 g/mol. The summed E-state index contributed by atoms with van der Waals surface area (Å²) in [5.41, 5.74) is 31.6. The molecule has 0 aliphatic rings. The number of hydrogen-bond acceptors (Lipinski definition) is 20. The Balaban J connectivity index is 0.000000137. The quantitative estimate of drug-likeness (QED) is 0.0624. The van der Waals surface area contributed by atoms with Gasteiger partial charge < -0.3 is 22.9 Å². The fraction of sp³-hybridized carbons (Fsp3) is 0.233. The largest absolute Gasteiger partial charge is 0.397 e. The van der Waals surface area contributed by atoms with Crippen LogP contribution in [0.25, 0.3) is 84.8 Å². The third kappa shape index (κ3) is 14.6. The van der Waals surface area contributed by atoms with Gasteiger partial charge in [0, 0.05) is 68.1 Å². The number of nitrogen functional groups attached to an aromatic ring is 4. The number of unbranched alkanes of at least 4 members (excludes halogenated alkanes) is 3. The minimum Gasteiger partial charge on any atom is -0.397 e. The molecule has 14 nitrogen and oxygen atoms in total. The van der Waals surface area contributed by atoms with Gasteiger partial charge in [0.05, 0.1) is 87.6 Å². The number of benzene rings is 2. The molecule has 84 heavy (non-hydrogen) atoms. The molecule has 0 spiro atoms. The Morgan fingerprint density at radius 1 is 0.429 bits per heavy atom. The maximum absolute atomic E-state index is 12.8. The summed E-state index contributed by atoms with van der Waals surface area (Å²) in [6, 6.07) is 35.5. The van der Waals surface area contributed by atoms with Crippen molar-refractivity contribution in [3.8, 4) is 43.9 Å². The summed E-state index contributed by atoms with van der Waals surface area (Å²) in [4.78, 5) is 31.8. The first-order chi connectivity index (χ1) is 40.8. The summed E-state index contributed by atoms with van der Waals surface area (Å²) < 4.78 is 52.0. The van der Waals surface area contributed by atoms with Crippen molar-refractivity contribution < 1.29 is 16.8 Å². The lowest BCUT2D eigenvalue weighted by Gasteiger charge is -2.07. The Morgan fingerprint density at radius 3 is 1.46 bits per heavy atom. The van der Waals surface area contributed by atoms with Crippen LogP contribution in [0.4, 0.5) is 22.7 Å². The van der Waals surface area contributed by atoms with Crippen LogP contribution < -0.4 is 22.9 Å². The van der Waals surface area contributed by atoms with Crippen molar-refractivity contribution in [3.05, 3.63) is 132 Å². The maximum Gasteiger partial charge on any atom is 0.161 e. The highest BCUT2D eigenvalue weighted by Gasteiger charge is 2.23. The maximum atomic E-state index is 12.8. The number of thiazole rings is 1. The van der Waals surface area contributed by atoms with E-state index in [0.717, 1.165) is 130 Å². The summed E-state index contributed by atoms with van der Waals surface area (Å²) in [6.07, 6.45) is 9.41. The zero-order valence-electron chi connectivity index (χ0n) is 46.5. The number of aromatic nitrogens is 6. The molecule has 0 aliphatic heterocycles. The van der Waals surface area contributed by atoms with Crippen LogP contribution in [0.3, 0.4) is 0 Å². The van der Waals surface area contributed by atoms with E-state index in [1.54, 1.807) is 35.1 Å². The molecule has 8 N–H and O–H groups in total. The Labute approximate surface area is 522 Å². The smallest absolute Gasteiger partial charge is 0.161 e. The average Bonchev–Trinajstić information content (AvgIpc) is 4.60. The Hall–Kier alpha value is -6.06. The Bertz CT molecular complexity index is 4240. The zero-order valence-corrected chi connectivity index (χ0v) is 54.6. The van der Waals surface area contributed by atoms with Crippen molar-refractivity contribution in [1.29, 1.82) is 0 Å². The molecule has 0 aliphatic carbocycles. The van der Waals surface area contributed by atoms with Crippen molar-refractivity contribution in [2.45, 2.75) is 83.1 Å². The van der Waals surface area contributed by atoms with Gasteiger partial charge in [0.1, 0.15) is 46.9 Å². The molecule has 24 heteroatoms. The van der Waals surface area contributed by atoms with E-state index in [4.69, 9.17) is 32.9 Å². The first kappa shape index (κ1) is 62.5. The molecule has 12 aromatic rings. The molecule has 0 fully saturated rings. The van der Waals surface area contributed by atoms with Crippen molar-refractivity contribution in [1.82, 2.24) is 29.9 Å². The number of pyridine rings is 3. The number of rotatable bonds is 18. The van der Waals surface area contributed by atoms with E-state index in [1.807, 2.05) is 121 Å². The summed E-state index contributed by atoms with van der Waals surface area (Å²) in [5, 5.41) is 8.36. The number of anilines is 4. The van der Waals surface area contributed by atoms with Gasteiger partial charge in [-0.1, -0.05) is 114 Å². The molecule has 0 bridgehead atoms. The number of fused-ring (bicyclic) bond motifs is 4. The number of thiophene rings is 5. The normalized spacial score (nSPS) is 12.7. The highest BCUT2D eigenvalue weighted by Crippen LogP contribution is 2.43. The lowest BCUT2D eigenvalue weighted by Crippen LogP contribution is -1.99. The molecule has 4 atom stereocenters. The highest BCUT2D eigenvalue weighted by molar-refractivity contribution is 7.88. The van der Waals surface area contributed by atoms with Crippen molar-refractivity contribution in [3.63, 3.8) is 0 Å². The molecule has 4 unspecified atom stereocenters. The van der Waals surface area contributed by atoms with Gasteiger partial charge in [-0.3, -0.25) is 16.8 Å². The van der Waals surface area contributed by atoms with E-state index in [0.29, 0.717) is 55.8 Å². The summed E-state index contributed by atoms with van der Waals surface area (Å²) in [7, 11) is -4.14. The third-order valence-corrected chi connectivity index (χ3v) is 26.4. The van der Waals surface area contributed by atoms with Gasteiger partial charge >= 0.3 is 0 Å². The first-order valence-electron chi connectivity index (χ1n) is 27.0. The van der Waals surface area contributed by atoms with Gasteiger partial charge in [-0.15, -0.1) is 68.0 Å². The molecule has 0 saturated carbocycles. The Morgan fingerprint density at radius 2 is 0.940 bits per heavy atom. The van der Waals surface area contributed by atoms with E-state index >= 15 is 0 Å². The molecule has 10 aromatic heterocycles. The van der Waals surface area contributed by atoms with E-state index in [-0.39, 0.29) is 0 Å². The predicted octanol–water partition coefficient (Wildman–Crippen LogP) is 15.9. The Kier molecular flexibility index (Phi) is 22.2. The van der Waals surface area contributed by atoms with Gasteiger partial charge in [-0.25, -0.2) is 29.9 Å². The molecule has 0 radical (unpaired) electrons. The van der Waals surface area contributed by atoms with Crippen LogP contribution in [0.2, 0.25) is 0 Å². The van der Waals surface area contributed by atoms with E-state index in [2.05, 4.69) is 46.8 Å². The third-order valence-electron chi connectivity index (χ3n) is 12.8. The topological polar surface area (TPSA) is 250 Å². The molecular formula is C60H62N10O4S10. The summed E-state index contributed by atoms with van der Waals surface area (Å²) >= 11 is 8.95. The van der Waals surface area contributed by atoms with Crippen LogP contribution >= 0.6 is 68.0 Å². The van der Waals surface area contributed by atoms with Gasteiger partial charge in [-0.2, -0.15) is 0 Å². The lowest BCUT2D eigenvalue weighted by atomic mass is 10.1. The van der Waals surface area contributed by atoms with Gasteiger partial charge in [-0.05, 0) is 67.1 Å². The summed E-state index contributed by atoms with van der Waals surface area (Å²) in [5.74, 6) is 3.20. The first-order valence-corrected chi connectivity index (χ1v) is 37.3. The number of hydrogen-bond donors (Lipinski definition) is 4. The van der Waals surface area contributed by atoms with Crippen molar-refractivity contribution in [2.75, 3.05) is 45.9 Å². The number of nitrogens with two attached hydrogens (primary N) is 4. The van der Waals surface area contributed by atoms with Gasteiger partial charge in [0.25, 0.3) is 0 Å². The van der Waals surface area contributed by atoms with Gasteiger partial charge in [0.2, 0.25) is 0 Å². The van der Waals surface area contributed by atoms with E-state index in [9.17, 15) is 16.8 Å². The molecule has 10 heterocycles. The molecule has 436 valence electrons. The standard InChI is InChI=1S/C22H21N3OS2.C15H16N2OS3.C12H11N3OS3.C11H14N2OS2/c1-2-3-14-28(26)22-18(23)17-19(15-10-6-4-7-11-15)24-20(25-21(17)27-22)16-12-8-5-9-13-16;1-2-3-9-21(18)15-13(16)10-6-7-11(17-14(10)20-15)12-5-4-8-19-12;1-2-19(16)12-9(13)7-3-4-8(15-10(7)18-12)11-14-5-6-17-11;1-2-3-7-16(14)11-9(12)8-5-4-6-13-10(8)15-11/h4-13H,2-3,14,23H2,1H3;4-8H,2-3,9,16H2,1H3;3-6H,2,13H2,1H3;4-6H,2-3,7,12H2,1H3. The van der Waals surface area contributed by atoms with Crippen molar-refractivity contribution in [2.24, 2.45) is 0 Å². The number of nitrogens with zero attached hydrogens (tertiary/aromatic N) is 6. The second kappa shape index (κ2) is 29.8. The molecule has 12 rings (SSSR count). The van der Waals surface area contributed by atoms with Crippen LogP contribution in [0, 0.1) is 0 Å². The highest BCUT2D eigenvalue weighted by atomic mass is 32.2. The second-order valence-corrected chi connectivity index (χ2v) is 31.7. The van der Waals surface area contributed by atoms with Crippen LogP contribution in [-0.4, -0.2) is 69.8 Å². The summed E-state index contributed by atoms with van der Waals surface area (Å²) in [6.45, 7) is 8.17. The van der Waals surface area contributed by atoms with Crippen molar-refractivity contribution >= 4 is 175 Å². The van der Waals surface area contributed by atoms with Crippen LogP contribution in [-0.2, 0) is 43.2 Å². The van der Waals surface area contributed by atoms with E-state index < -0.39 is 43.2 Å². The fourth-order valence-electron chi connectivity index (χ4n) is 8.35. The SMILES string of the molecule is CCCCS(=O)c1sc2nc(-c3ccccc3)nc(-c3ccccc3)c2c1N.CCCCS(=O)c1sc2nc(-c3cccs3)ccc2c1N.CCCCS(=O)c1sc2ncccc2c1N.CCS(=O)c1sc2nc(-c3nccs3)ccc2c1N. The molecule has 0 amide bonds. The monoisotopic (exact) mass is 1310 g/mol. The lowest BCUT2D eigenvalue weighted by molar-refractivity contribution is 0.680. The van der Waals surface area contributed by atoms with Gasteiger partial charge in [0.15, 0.2) is 5.82 Å². The predicted molar refractivity (Wildman–Crippen MR) is 365 cm³/mol. The second-order valence-electron chi connectivity index (χ2n) is 18.6. The molecule has 2 aromatic carbocycles. The van der Waals surface area contributed by atoms with Crippen LogP contribution in [0.15, 0.2) is 149 Å². The van der Waals surface area contributed by atoms with Crippen LogP contribution in [0.1, 0.15) is 66.2 Å². The fourth-order valence-corrected chi connectivity index (χ4v) is 20.4. The molecular weight excluding hydrogens is 1250 g/mol. The minimum absolute atomic E-state index is 0.549. The molecule has 0 saturated heterocycles. The zero-order chi connectivity index (χ0) is 59.3. The van der Waals surface area contributed by atoms with E-state index in [1.165, 1.54) is 45.3 Å². The minimum atomic E-state index is -1.12.